The Kier molecular flexibility index (Phi) is 5.26. The number of benzene rings is 1. The Morgan fingerprint density at radius 3 is 2.63 bits per heavy atom. The van der Waals surface area contributed by atoms with Crippen molar-refractivity contribution in [1.29, 1.82) is 0 Å². The average molecular weight is 260 g/mol. The van der Waals surface area contributed by atoms with Gasteiger partial charge in [0.15, 0.2) is 0 Å². The molecule has 1 aliphatic heterocycles. The van der Waals surface area contributed by atoms with E-state index in [0.717, 1.165) is 13.1 Å². The van der Waals surface area contributed by atoms with Crippen LogP contribution in [0.4, 0.5) is 5.69 Å². The van der Waals surface area contributed by atoms with Crippen LogP contribution in [0.15, 0.2) is 24.3 Å². The van der Waals surface area contributed by atoms with Crippen LogP contribution in [0, 0.1) is 0 Å². The second-order valence-corrected chi connectivity index (χ2v) is 5.99. The molecule has 0 saturated carbocycles. The molecule has 1 heterocycles. The minimum atomic E-state index is 0.620. The maximum Gasteiger partial charge on any atom is 0.0366 e. The Morgan fingerprint density at radius 2 is 2.00 bits per heavy atom. The molecule has 1 saturated heterocycles. The van der Waals surface area contributed by atoms with E-state index in [4.69, 9.17) is 0 Å². The monoisotopic (exact) mass is 260 g/mol. The molecule has 2 rings (SSSR count). The van der Waals surface area contributed by atoms with Gasteiger partial charge in [-0.15, -0.1) is 0 Å². The minimum absolute atomic E-state index is 0.620. The quantitative estimate of drug-likeness (QED) is 0.867. The third-order valence-corrected chi connectivity index (χ3v) is 4.03. The first-order valence-electron chi connectivity index (χ1n) is 7.79. The zero-order chi connectivity index (χ0) is 13.7. The van der Waals surface area contributed by atoms with Crippen molar-refractivity contribution >= 4 is 5.69 Å². The Labute approximate surface area is 118 Å². The molecule has 1 aliphatic rings. The molecule has 1 atom stereocenters. The highest BCUT2D eigenvalue weighted by molar-refractivity contribution is 5.48. The number of hydrogen-bond donors (Lipinski definition) is 1. The Bertz CT molecular complexity index is 369. The highest BCUT2D eigenvalue weighted by Gasteiger charge is 2.19. The predicted octanol–water partition coefficient (Wildman–Crippen LogP) is 3.78. The summed E-state index contributed by atoms with van der Waals surface area (Å²) in [5.41, 5.74) is 2.81. The highest BCUT2D eigenvalue weighted by atomic mass is 15.2. The SMILES string of the molecule is CCCNC1CCCN(c2ccc(C(C)C)cc2)C1. The maximum atomic E-state index is 3.66. The van der Waals surface area contributed by atoms with Crippen molar-refractivity contribution in [2.75, 3.05) is 24.5 Å². The topological polar surface area (TPSA) is 15.3 Å². The van der Waals surface area contributed by atoms with Crippen LogP contribution in [-0.2, 0) is 0 Å². The first-order chi connectivity index (χ1) is 9.20. The van der Waals surface area contributed by atoms with E-state index < -0.39 is 0 Å². The van der Waals surface area contributed by atoms with E-state index >= 15 is 0 Å². The third kappa shape index (κ3) is 3.97. The molecule has 1 aromatic rings. The van der Waals surface area contributed by atoms with Crippen LogP contribution in [0.5, 0.6) is 0 Å². The van der Waals surface area contributed by atoms with Crippen molar-refractivity contribution in [2.24, 2.45) is 0 Å². The molecular formula is C17H28N2. The third-order valence-electron chi connectivity index (χ3n) is 4.03. The van der Waals surface area contributed by atoms with Crippen molar-refractivity contribution in [3.8, 4) is 0 Å². The Morgan fingerprint density at radius 1 is 1.26 bits per heavy atom. The van der Waals surface area contributed by atoms with Gasteiger partial charge in [-0.05, 0) is 49.4 Å². The Hall–Kier alpha value is -1.02. The summed E-state index contributed by atoms with van der Waals surface area (Å²) in [4.78, 5) is 2.53. The van der Waals surface area contributed by atoms with Gasteiger partial charge in [-0.1, -0.05) is 32.9 Å². The molecular weight excluding hydrogens is 232 g/mol. The molecule has 2 heteroatoms. The van der Waals surface area contributed by atoms with Crippen molar-refractivity contribution < 1.29 is 0 Å². The molecule has 1 unspecified atom stereocenters. The van der Waals surface area contributed by atoms with Gasteiger partial charge in [-0.3, -0.25) is 0 Å². The molecule has 0 bridgehead atoms. The molecule has 2 nitrogen and oxygen atoms in total. The summed E-state index contributed by atoms with van der Waals surface area (Å²) in [7, 11) is 0. The number of hydrogen-bond acceptors (Lipinski definition) is 2. The van der Waals surface area contributed by atoms with E-state index in [1.54, 1.807) is 0 Å². The van der Waals surface area contributed by atoms with Gasteiger partial charge in [-0.25, -0.2) is 0 Å². The van der Waals surface area contributed by atoms with Gasteiger partial charge in [-0.2, -0.15) is 0 Å². The van der Waals surface area contributed by atoms with Crippen molar-refractivity contribution in [3.05, 3.63) is 29.8 Å². The summed E-state index contributed by atoms with van der Waals surface area (Å²) in [6.07, 6.45) is 3.84. The van der Waals surface area contributed by atoms with Crippen LogP contribution < -0.4 is 10.2 Å². The van der Waals surface area contributed by atoms with Gasteiger partial charge in [0, 0.05) is 24.8 Å². The van der Waals surface area contributed by atoms with Crippen molar-refractivity contribution in [3.63, 3.8) is 0 Å². The van der Waals surface area contributed by atoms with Crippen molar-refractivity contribution in [1.82, 2.24) is 5.32 Å². The lowest BCUT2D eigenvalue weighted by molar-refractivity contribution is 0.423. The highest BCUT2D eigenvalue weighted by Crippen LogP contribution is 2.23. The van der Waals surface area contributed by atoms with E-state index in [1.807, 2.05) is 0 Å². The molecule has 0 spiro atoms. The number of piperidine rings is 1. The smallest absolute Gasteiger partial charge is 0.0366 e. The van der Waals surface area contributed by atoms with Crippen LogP contribution in [0.1, 0.15) is 51.5 Å². The van der Waals surface area contributed by atoms with E-state index in [2.05, 4.69) is 55.3 Å². The zero-order valence-corrected chi connectivity index (χ0v) is 12.7. The van der Waals surface area contributed by atoms with Gasteiger partial charge < -0.3 is 10.2 Å². The van der Waals surface area contributed by atoms with E-state index in [-0.39, 0.29) is 0 Å². The molecule has 19 heavy (non-hydrogen) atoms. The molecule has 0 aromatic heterocycles. The maximum absolute atomic E-state index is 3.66. The van der Waals surface area contributed by atoms with Crippen molar-refractivity contribution in [2.45, 2.75) is 52.0 Å². The summed E-state index contributed by atoms with van der Waals surface area (Å²) < 4.78 is 0. The molecule has 106 valence electrons. The second kappa shape index (κ2) is 6.95. The molecule has 0 aliphatic carbocycles. The lowest BCUT2D eigenvalue weighted by atomic mass is 10.0. The van der Waals surface area contributed by atoms with Gasteiger partial charge >= 0.3 is 0 Å². The lowest BCUT2D eigenvalue weighted by Gasteiger charge is -2.35. The van der Waals surface area contributed by atoms with Gasteiger partial charge in [0.05, 0.1) is 0 Å². The fraction of sp³-hybridized carbons (Fsp3) is 0.647. The summed E-state index contributed by atoms with van der Waals surface area (Å²) >= 11 is 0. The van der Waals surface area contributed by atoms with Crippen LogP contribution in [0.3, 0.4) is 0 Å². The van der Waals surface area contributed by atoms with Crippen LogP contribution >= 0.6 is 0 Å². The van der Waals surface area contributed by atoms with Gasteiger partial charge in [0.1, 0.15) is 0 Å². The summed E-state index contributed by atoms with van der Waals surface area (Å²) in [5.74, 6) is 0.620. The normalized spacial score (nSPS) is 20.0. The molecule has 0 radical (unpaired) electrons. The van der Waals surface area contributed by atoms with Gasteiger partial charge in [0.25, 0.3) is 0 Å². The first-order valence-corrected chi connectivity index (χ1v) is 7.79. The number of nitrogens with zero attached hydrogens (tertiary/aromatic N) is 1. The molecule has 1 aromatic carbocycles. The zero-order valence-electron chi connectivity index (χ0n) is 12.7. The molecule has 0 amide bonds. The van der Waals surface area contributed by atoms with E-state index in [9.17, 15) is 0 Å². The summed E-state index contributed by atoms with van der Waals surface area (Å²) in [6.45, 7) is 10.2. The van der Waals surface area contributed by atoms with Crippen LogP contribution in [0.2, 0.25) is 0 Å². The van der Waals surface area contributed by atoms with Crippen LogP contribution in [0.25, 0.3) is 0 Å². The summed E-state index contributed by atoms with van der Waals surface area (Å²) in [6, 6.07) is 9.81. The molecule has 1 fully saturated rings. The standard InChI is InChI=1S/C17H28N2/c1-4-11-18-16-6-5-12-19(13-16)17-9-7-15(8-10-17)14(2)3/h7-10,14,16,18H,4-6,11-13H2,1-3H3. The average Bonchev–Trinajstić information content (AvgIpc) is 2.45. The fourth-order valence-electron chi connectivity index (χ4n) is 2.80. The predicted molar refractivity (Wildman–Crippen MR) is 84.1 cm³/mol. The van der Waals surface area contributed by atoms with Gasteiger partial charge in [0.2, 0.25) is 0 Å². The lowest BCUT2D eigenvalue weighted by Crippen LogP contribution is -2.46. The Balaban J connectivity index is 1.96. The fourth-order valence-corrected chi connectivity index (χ4v) is 2.80. The second-order valence-electron chi connectivity index (χ2n) is 5.99. The largest absolute Gasteiger partial charge is 0.370 e. The minimum Gasteiger partial charge on any atom is -0.370 e. The number of rotatable bonds is 5. The first kappa shape index (κ1) is 14.4. The van der Waals surface area contributed by atoms with E-state index in [0.29, 0.717) is 12.0 Å². The summed E-state index contributed by atoms with van der Waals surface area (Å²) in [5, 5.41) is 3.66. The van der Waals surface area contributed by atoms with E-state index in [1.165, 1.54) is 37.1 Å². The molecule has 1 N–H and O–H groups in total. The number of nitrogens with one attached hydrogen (secondary N) is 1. The van der Waals surface area contributed by atoms with Crippen LogP contribution in [-0.4, -0.2) is 25.7 Å². The number of anilines is 1.